The van der Waals surface area contributed by atoms with Crippen LogP contribution in [0.5, 0.6) is 11.5 Å². The number of aromatic nitrogens is 6. The Morgan fingerprint density at radius 3 is 1.54 bits per heavy atom. The van der Waals surface area contributed by atoms with Crippen molar-refractivity contribution in [3.05, 3.63) is 80.3 Å². The highest BCUT2D eigenvalue weighted by Gasteiger charge is 2.07. The quantitative estimate of drug-likeness (QED) is 0.225. The highest BCUT2D eigenvalue weighted by Crippen LogP contribution is 2.26. The number of ether oxygens (including phenoxy) is 2. The van der Waals surface area contributed by atoms with Crippen molar-refractivity contribution in [3.63, 3.8) is 0 Å². The summed E-state index contributed by atoms with van der Waals surface area (Å²) in [6.45, 7) is 1.57. The Kier molecular flexibility index (Phi) is 8.92. The summed E-state index contributed by atoms with van der Waals surface area (Å²) >= 11 is 7.07. The van der Waals surface area contributed by atoms with E-state index < -0.39 is 0 Å². The smallest absolute Gasteiger partial charge is 0.133 e. The average Bonchev–Trinajstić information content (AvgIpc) is 3.51. The average molecular weight is 604 g/mol. The molecule has 0 saturated carbocycles. The maximum atomic E-state index is 5.29. The van der Waals surface area contributed by atoms with Crippen molar-refractivity contribution < 1.29 is 9.47 Å². The molecule has 0 aliphatic rings. The van der Waals surface area contributed by atoms with E-state index in [0.717, 1.165) is 77.0 Å². The zero-order chi connectivity index (χ0) is 24.6. The molecule has 0 fully saturated rings. The van der Waals surface area contributed by atoms with Crippen molar-refractivity contribution >= 4 is 31.9 Å². The molecule has 2 aromatic carbocycles. The number of halogens is 2. The minimum atomic E-state index is 0.783. The molecule has 0 atom stereocenters. The zero-order valence-electron chi connectivity index (χ0n) is 19.8. The lowest BCUT2D eigenvalue weighted by Crippen LogP contribution is -2.02. The van der Waals surface area contributed by atoms with Crippen LogP contribution in [0.1, 0.15) is 28.9 Å². The number of hydrogen-bond acceptors (Lipinski definition) is 6. The molecule has 0 amide bonds. The first-order valence-electron chi connectivity index (χ1n) is 11.5. The van der Waals surface area contributed by atoms with Crippen molar-refractivity contribution in [1.82, 2.24) is 30.0 Å². The van der Waals surface area contributed by atoms with Gasteiger partial charge in [-0.25, -0.2) is 0 Å². The second-order valence-corrected chi connectivity index (χ2v) is 9.95. The molecule has 0 spiro atoms. The minimum Gasteiger partial charge on any atom is -0.496 e. The summed E-state index contributed by atoms with van der Waals surface area (Å²) in [7, 11) is 3.34. The number of rotatable bonds is 12. The molecule has 0 aliphatic carbocycles. The van der Waals surface area contributed by atoms with Crippen molar-refractivity contribution in [3.8, 4) is 11.5 Å². The molecule has 4 rings (SSSR count). The van der Waals surface area contributed by atoms with Gasteiger partial charge >= 0.3 is 0 Å². The standard InChI is InChI=1S/C25H28Br2N6O2/c1-34-24-8-6-18(14-22(24)26)10-12-32-16-20(28-30-32)4-3-5-21-17-33(31-29-21)13-11-19-7-9-25(35-2)23(27)15-19/h6-9,14-17H,3-5,10-13H2,1-2H3. The SMILES string of the molecule is COc1ccc(CCn2cc(CCCc3cn(CCc4ccc(OC)c(Br)c4)nn3)nn2)cc1Br. The lowest BCUT2D eigenvalue weighted by molar-refractivity contribution is 0.412. The third-order valence-corrected chi connectivity index (χ3v) is 6.97. The van der Waals surface area contributed by atoms with Gasteiger partial charge in [0.25, 0.3) is 0 Å². The number of hydrogen-bond donors (Lipinski definition) is 0. The summed E-state index contributed by atoms with van der Waals surface area (Å²) < 4.78 is 16.3. The van der Waals surface area contributed by atoms with Gasteiger partial charge in [0, 0.05) is 25.5 Å². The van der Waals surface area contributed by atoms with Crippen molar-refractivity contribution in [2.75, 3.05) is 14.2 Å². The van der Waals surface area contributed by atoms with Crippen molar-refractivity contribution in [2.45, 2.75) is 45.2 Å². The Bertz CT molecular complexity index is 1160. The first kappa shape index (κ1) is 25.4. The monoisotopic (exact) mass is 602 g/mol. The molecular weight excluding hydrogens is 576 g/mol. The number of benzene rings is 2. The first-order valence-corrected chi connectivity index (χ1v) is 13.1. The van der Waals surface area contributed by atoms with Crippen LogP contribution >= 0.6 is 31.9 Å². The van der Waals surface area contributed by atoms with Gasteiger partial charge in [-0.15, -0.1) is 10.2 Å². The summed E-state index contributed by atoms with van der Waals surface area (Å²) in [6, 6.07) is 12.3. The summed E-state index contributed by atoms with van der Waals surface area (Å²) in [4.78, 5) is 0. The van der Waals surface area contributed by atoms with E-state index in [9.17, 15) is 0 Å². The molecule has 8 nitrogen and oxygen atoms in total. The van der Waals surface area contributed by atoms with E-state index in [-0.39, 0.29) is 0 Å². The molecule has 0 aliphatic heterocycles. The van der Waals surface area contributed by atoms with Crippen LogP contribution in [0.25, 0.3) is 0 Å². The zero-order valence-corrected chi connectivity index (χ0v) is 23.0. The number of methoxy groups -OCH3 is 2. The predicted molar refractivity (Wildman–Crippen MR) is 141 cm³/mol. The molecule has 2 heterocycles. The van der Waals surface area contributed by atoms with Crippen LogP contribution < -0.4 is 9.47 Å². The Morgan fingerprint density at radius 2 is 1.14 bits per heavy atom. The highest BCUT2D eigenvalue weighted by molar-refractivity contribution is 9.10. The molecule has 0 N–H and O–H groups in total. The molecule has 0 bridgehead atoms. The molecule has 184 valence electrons. The maximum Gasteiger partial charge on any atom is 0.133 e. The normalized spacial score (nSPS) is 11.1. The molecular formula is C25H28Br2N6O2. The predicted octanol–water partition coefficient (Wildman–Crippen LogP) is 5.07. The van der Waals surface area contributed by atoms with Crippen molar-refractivity contribution in [1.29, 1.82) is 0 Å². The number of nitrogens with zero attached hydrogens (tertiary/aromatic N) is 6. The van der Waals surface area contributed by atoms with Crippen LogP contribution in [0, 0.1) is 0 Å². The van der Waals surface area contributed by atoms with Crippen LogP contribution in [0.15, 0.2) is 57.7 Å². The maximum absolute atomic E-state index is 5.29. The van der Waals surface area contributed by atoms with Crippen LogP contribution in [0.2, 0.25) is 0 Å². The van der Waals surface area contributed by atoms with Crippen LogP contribution in [-0.2, 0) is 38.8 Å². The van der Waals surface area contributed by atoms with Gasteiger partial charge in [-0.2, -0.15) is 0 Å². The topological polar surface area (TPSA) is 79.9 Å². The third-order valence-electron chi connectivity index (χ3n) is 5.73. The fourth-order valence-corrected chi connectivity index (χ4v) is 4.97. The Morgan fingerprint density at radius 1 is 0.686 bits per heavy atom. The molecule has 2 aromatic heterocycles. The van der Waals surface area contributed by atoms with Crippen molar-refractivity contribution in [2.24, 2.45) is 0 Å². The third kappa shape index (κ3) is 7.14. The van der Waals surface area contributed by atoms with Gasteiger partial charge in [-0.3, -0.25) is 9.36 Å². The molecule has 0 saturated heterocycles. The largest absolute Gasteiger partial charge is 0.496 e. The minimum absolute atomic E-state index is 0.783. The second-order valence-electron chi connectivity index (χ2n) is 8.24. The summed E-state index contributed by atoms with van der Waals surface area (Å²) in [5.41, 5.74) is 4.44. The summed E-state index contributed by atoms with van der Waals surface area (Å²) in [5.74, 6) is 1.67. The van der Waals surface area contributed by atoms with Gasteiger partial charge in [-0.1, -0.05) is 22.6 Å². The van der Waals surface area contributed by atoms with Gasteiger partial charge < -0.3 is 9.47 Å². The molecule has 10 heteroatoms. The van der Waals surface area contributed by atoms with Gasteiger partial charge in [-0.05, 0) is 99.4 Å². The Hall–Kier alpha value is -2.72. The Balaban J connectivity index is 1.19. The van der Waals surface area contributed by atoms with Crippen LogP contribution in [0.4, 0.5) is 0 Å². The summed E-state index contributed by atoms with van der Waals surface area (Å²) in [5, 5.41) is 17.2. The van der Waals surface area contributed by atoms with Gasteiger partial charge in [0.2, 0.25) is 0 Å². The van der Waals surface area contributed by atoms with E-state index in [1.54, 1.807) is 14.2 Å². The van der Waals surface area contributed by atoms with E-state index in [2.05, 4.69) is 76.7 Å². The molecule has 0 radical (unpaired) electrons. The first-order chi connectivity index (χ1) is 17.0. The molecule has 4 aromatic rings. The fourth-order valence-electron chi connectivity index (χ4n) is 3.79. The van der Waals surface area contributed by atoms with Crippen LogP contribution in [0.3, 0.4) is 0 Å². The van der Waals surface area contributed by atoms with Gasteiger partial charge in [0.15, 0.2) is 0 Å². The van der Waals surface area contributed by atoms with E-state index in [4.69, 9.17) is 9.47 Å². The van der Waals surface area contributed by atoms with Crippen LogP contribution in [-0.4, -0.2) is 44.2 Å². The van der Waals surface area contributed by atoms with E-state index in [1.807, 2.05) is 33.9 Å². The molecule has 35 heavy (non-hydrogen) atoms. The summed E-state index contributed by atoms with van der Waals surface area (Å²) in [6.07, 6.45) is 8.49. The van der Waals surface area contributed by atoms with Gasteiger partial charge in [0.1, 0.15) is 11.5 Å². The van der Waals surface area contributed by atoms with E-state index >= 15 is 0 Å². The fraction of sp³-hybridized carbons (Fsp3) is 0.360. The Labute approximate surface area is 221 Å². The van der Waals surface area contributed by atoms with E-state index in [1.165, 1.54) is 11.1 Å². The van der Waals surface area contributed by atoms with E-state index in [0.29, 0.717) is 0 Å². The lowest BCUT2D eigenvalue weighted by Gasteiger charge is -2.06. The highest BCUT2D eigenvalue weighted by atomic mass is 79.9. The molecule has 0 unspecified atom stereocenters. The second kappa shape index (κ2) is 12.3. The number of aryl methyl sites for hydroxylation is 6. The van der Waals surface area contributed by atoms with Gasteiger partial charge in [0.05, 0.1) is 34.6 Å². The lowest BCUT2D eigenvalue weighted by atomic mass is 10.1.